The SMILES string of the molecule is Cc1cc(C(F)(F)F)c2c(C)nn(CC(=O)Nc3ccn(Cc4ccc(F)cc4)n3)c2n1. The molecule has 0 bridgehead atoms. The number of nitrogens with zero attached hydrogens (tertiary/aromatic N) is 5. The van der Waals surface area contributed by atoms with E-state index < -0.39 is 17.6 Å². The fourth-order valence-electron chi connectivity index (χ4n) is 3.42. The Bertz CT molecular complexity index is 1290. The largest absolute Gasteiger partial charge is 0.417 e. The Morgan fingerprint density at radius 2 is 1.81 bits per heavy atom. The van der Waals surface area contributed by atoms with Gasteiger partial charge in [0, 0.05) is 18.0 Å². The van der Waals surface area contributed by atoms with Crippen molar-refractivity contribution in [3.05, 3.63) is 70.9 Å². The second-order valence-electron chi connectivity index (χ2n) is 7.32. The van der Waals surface area contributed by atoms with Crippen LogP contribution in [0.4, 0.5) is 23.4 Å². The van der Waals surface area contributed by atoms with Gasteiger partial charge in [-0.15, -0.1) is 0 Å². The zero-order valence-corrected chi connectivity index (χ0v) is 17.1. The van der Waals surface area contributed by atoms with Gasteiger partial charge in [-0.25, -0.2) is 14.1 Å². The van der Waals surface area contributed by atoms with Gasteiger partial charge < -0.3 is 5.32 Å². The van der Waals surface area contributed by atoms with Gasteiger partial charge in [-0.2, -0.15) is 23.4 Å². The molecule has 7 nitrogen and oxygen atoms in total. The summed E-state index contributed by atoms with van der Waals surface area (Å²) in [5.41, 5.74) is 0.297. The number of nitrogens with one attached hydrogen (secondary N) is 1. The fourth-order valence-corrected chi connectivity index (χ4v) is 3.42. The summed E-state index contributed by atoms with van der Waals surface area (Å²) < 4.78 is 56.1. The summed E-state index contributed by atoms with van der Waals surface area (Å²) in [7, 11) is 0. The van der Waals surface area contributed by atoms with Crippen LogP contribution in [-0.4, -0.2) is 30.5 Å². The minimum Gasteiger partial charge on any atom is -0.308 e. The molecule has 32 heavy (non-hydrogen) atoms. The van der Waals surface area contributed by atoms with Crippen molar-refractivity contribution in [3.63, 3.8) is 0 Å². The molecule has 0 saturated carbocycles. The van der Waals surface area contributed by atoms with Crippen LogP contribution in [0.5, 0.6) is 0 Å². The maximum absolute atomic E-state index is 13.4. The Hall–Kier alpha value is -3.76. The highest BCUT2D eigenvalue weighted by Crippen LogP contribution is 2.36. The van der Waals surface area contributed by atoms with E-state index in [-0.39, 0.29) is 40.6 Å². The van der Waals surface area contributed by atoms with Crippen LogP contribution in [0.25, 0.3) is 11.0 Å². The van der Waals surface area contributed by atoms with Gasteiger partial charge in [0.1, 0.15) is 12.4 Å². The third-order valence-electron chi connectivity index (χ3n) is 4.77. The van der Waals surface area contributed by atoms with E-state index in [1.54, 1.807) is 29.1 Å². The summed E-state index contributed by atoms with van der Waals surface area (Å²) in [6, 6.07) is 8.50. The first-order valence-corrected chi connectivity index (χ1v) is 9.60. The summed E-state index contributed by atoms with van der Waals surface area (Å²) in [6.45, 7) is 2.95. The molecule has 4 aromatic rings. The Balaban J connectivity index is 1.51. The number of halogens is 4. The highest BCUT2D eigenvalue weighted by molar-refractivity contribution is 5.91. The number of rotatable bonds is 5. The molecule has 1 amide bonds. The average Bonchev–Trinajstić information content (AvgIpc) is 3.26. The minimum absolute atomic E-state index is 0.00758. The highest BCUT2D eigenvalue weighted by atomic mass is 19.4. The van der Waals surface area contributed by atoms with E-state index in [1.807, 2.05) is 0 Å². The number of aryl methyl sites for hydroxylation is 2. The molecule has 0 radical (unpaired) electrons. The molecule has 1 N–H and O–H groups in total. The van der Waals surface area contributed by atoms with Crippen LogP contribution in [0, 0.1) is 19.7 Å². The van der Waals surface area contributed by atoms with Crippen LogP contribution in [-0.2, 0) is 24.1 Å². The van der Waals surface area contributed by atoms with Crippen molar-refractivity contribution in [1.82, 2.24) is 24.5 Å². The molecule has 1 aromatic carbocycles. The van der Waals surface area contributed by atoms with E-state index in [9.17, 15) is 22.4 Å². The Morgan fingerprint density at radius 3 is 2.50 bits per heavy atom. The molecule has 0 atom stereocenters. The smallest absolute Gasteiger partial charge is 0.308 e. The van der Waals surface area contributed by atoms with Gasteiger partial charge >= 0.3 is 6.18 Å². The van der Waals surface area contributed by atoms with E-state index in [0.29, 0.717) is 6.54 Å². The van der Waals surface area contributed by atoms with Crippen LogP contribution in [0.1, 0.15) is 22.5 Å². The lowest BCUT2D eigenvalue weighted by atomic mass is 10.1. The summed E-state index contributed by atoms with van der Waals surface area (Å²) in [4.78, 5) is 16.7. The van der Waals surface area contributed by atoms with Crippen molar-refractivity contribution in [2.45, 2.75) is 33.1 Å². The number of hydrogen-bond acceptors (Lipinski definition) is 4. The van der Waals surface area contributed by atoms with Gasteiger partial charge in [0.05, 0.1) is 23.2 Å². The average molecular weight is 446 g/mol. The molecule has 11 heteroatoms. The molecule has 3 aromatic heterocycles. The topological polar surface area (TPSA) is 77.6 Å². The monoisotopic (exact) mass is 446 g/mol. The van der Waals surface area contributed by atoms with Crippen LogP contribution in [0.15, 0.2) is 42.6 Å². The van der Waals surface area contributed by atoms with Crippen LogP contribution >= 0.6 is 0 Å². The third-order valence-corrected chi connectivity index (χ3v) is 4.77. The van der Waals surface area contributed by atoms with Crippen molar-refractivity contribution in [1.29, 1.82) is 0 Å². The predicted molar refractivity (Wildman–Crippen MR) is 108 cm³/mol. The summed E-state index contributed by atoms with van der Waals surface area (Å²) in [6.07, 6.45) is -2.92. The molecule has 0 aliphatic rings. The predicted octanol–water partition coefficient (Wildman–Crippen LogP) is 4.09. The molecule has 0 fully saturated rings. The van der Waals surface area contributed by atoms with Crippen molar-refractivity contribution < 1.29 is 22.4 Å². The molecular formula is C21H18F4N6O. The number of amides is 1. The van der Waals surface area contributed by atoms with Crippen LogP contribution in [0.2, 0.25) is 0 Å². The van der Waals surface area contributed by atoms with Gasteiger partial charge in [-0.05, 0) is 37.6 Å². The summed E-state index contributed by atoms with van der Waals surface area (Å²) in [5, 5.41) is 10.8. The number of anilines is 1. The van der Waals surface area contributed by atoms with Gasteiger partial charge in [-0.1, -0.05) is 12.1 Å². The number of alkyl halides is 3. The molecule has 0 spiro atoms. The highest BCUT2D eigenvalue weighted by Gasteiger charge is 2.35. The van der Waals surface area contributed by atoms with E-state index in [0.717, 1.165) is 16.3 Å². The van der Waals surface area contributed by atoms with Gasteiger partial charge in [0.15, 0.2) is 11.5 Å². The third kappa shape index (κ3) is 4.46. The second kappa shape index (κ2) is 8.06. The normalized spacial score (nSPS) is 11.8. The minimum atomic E-state index is -4.57. The molecule has 0 unspecified atom stereocenters. The number of fused-ring (bicyclic) bond motifs is 1. The van der Waals surface area contributed by atoms with Crippen LogP contribution in [0.3, 0.4) is 0 Å². The first kappa shape index (κ1) is 21.5. The zero-order chi connectivity index (χ0) is 23.0. The maximum atomic E-state index is 13.4. The quantitative estimate of drug-likeness (QED) is 0.469. The fraction of sp³-hybridized carbons (Fsp3) is 0.238. The Morgan fingerprint density at radius 1 is 1.09 bits per heavy atom. The zero-order valence-electron chi connectivity index (χ0n) is 17.1. The van der Waals surface area contributed by atoms with Gasteiger partial charge in [0.2, 0.25) is 5.91 Å². The lowest BCUT2D eigenvalue weighted by Gasteiger charge is -2.10. The van der Waals surface area contributed by atoms with Crippen molar-refractivity contribution >= 4 is 22.8 Å². The van der Waals surface area contributed by atoms with E-state index in [2.05, 4.69) is 20.5 Å². The lowest BCUT2D eigenvalue weighted by Crippen LogP contribution is -2.20. The van der Waals surface area contributed by atoms with E-state index >= 15 is 0 Å². The molecular weight excluding hydrogens is 428 g/mol. The Kier molecular flexibility index (Phi) is 5.41. The molecule has 166 valence electrons. The number of hydrogen-bond donors (Lipinski definition) is 1. The van der Waals surface area contributed by atoms with Crippen LogP contribution < -0.4 is 5.32 Å². The standard InChI is InChI=1S/C21H18F4N6O/c1-12-9-16(21(23,24)25)19-13(2)28-31(20(19)26-12)11-18(32)27-17-7-8-30(29-17)10-14-3-5-15(22)6-4-14/h3-9H,10-11H2,1-2H3,(H,27,29,32). The number of carbonyl (C=O) groups excluding carboxylic acids is 1. The van der Waals surface area contributed by atoms with Gasteiger partial charge in [-0.3, -0.25) is 9.48 Å². The number of benzene rings is 1. The maximum Gasteiger partial charge on any atom is 0.417 e. The molecule has 0 saturated heterocycles. The van der Waals surface area contributed by atoms with Crippen molar-refractivity contribution in [2.24, 2.45) is 0 Å². The van der Waals surface area contributed by atoms with Gasteiger partial charge in [0.25, 0.3) is 0 Å². The molecule has 3 heterocycles. The first-order chi connectivity index (χ1) is 15.1. The van der Waals surface area contributed by atoms with Crippen molar-refractivity contribution in [3.8, 4) is 0 Å². The molecule has 0 aliphatic carbocycles. The molecule has 4 rings (SSSR count). The molecule has 0 aliphatic heterocycles. The van der Waals surface area contributed by atoms with E-state index in [1.165, 1.54) is 26.0 Å². The lowest BCUT2D eigenvalue weighted by molar-refractivity contribution is -0.136. The number of aromatic nitrogens is 5. The summed E-state index contributed by atoms with van der Waals surface area (Å²) in [5.74, 6) is -0.584. The first-order valence-electron chi connectivity index (χ1n) is 9.60. The number of pyridine rings is 1. The Labute approximate surface area is 179 Å². The number of carbonyl (C=O) groups is 1. The van der Waals surface area contributed by atoms with Crippen molar-refractivity contribution in [2.75, 3.05) is 5.32 Å². The second-order valence-corrected chi connectivity index (χ2v) is 7.32. The summed E-state index contributed by atoms with van der Waals surface area (Å²) >= 11 is 0. The van der Waals surface area contributed by atoms with E-state index in [4.69, 9.17) is 0 Å².